The molecule has 100 valence electrons. The van der Waals surface area contributed by atoms with Crippen molar-refractivity contribution in [3.8, 4) is 0 Å². The van der Waals surface area contributed by atoms with Crippen LogP contribution in [0.1, 0.15) is 12.5 Å². The van der Waals surface area contributed by atoms with Gasteiger partial charge in [0.05, 0.1) is 0 Å². The molecule has 4 heteroatoms. The molecule has 1 aromatic rings. The fourth-order valence-electron chi connectivity index (χ4n) is 2.09. The van der Waals surface area contributed by atoms with Crippen molar-refractivity contribution >= 4 is 18.5 Å². The van der Waals surface area contributed by atoms with Crippen LogP contribution in [0.5, 0.6) is 0 Å². The molecule has 0 amide bonds. The number of nitrogens with one attached hydrogen (secondary N) is 1. The van der Waals surface area contributed by atoms with Crippen LogP contribution < -0.4 is 5.32 Å². The zero-order valence-corrected chi connectivity index (χ0v) is 11.4. The van der Waals surface area contributed by atoms with E-state index in [-0.39, 0.29) is 18.2 Å². The van der Waals surface area contributed by atoms with Crippen LogP contribution in [0.25, 0.3) is 6.08 Å². The van der Waals surface area contributed by atoms with Gasteiger partial charge in [0.15, 0.2) is 0 Å². The van der Waals surface area contributed by atoms with Crippen LogP contribution in [-0.4, -0.2) is 37.1 Å². The van der Waals surface area contributed by atoms with Crippen molar-refractivity contribution in [2.75, 3.05) is 26.2 Å². The number of hydrogen-bond donors (Lipinski definition) is 1. The zero-order valence-electron chi connectivity index (χ0n) is 10.6. The van der Waals surface area contributed by atoms with Gasteiger partial charge < -0.3 is 5.32 Å². The van der Waals surface area contributed by atoms with E-state index in [4.69, 9.17) is 0 Å². The fraction of sp³-hybridized carbons (Fsp3) is 0.429. The number of nitrogens with zero attached hydrogens (tertiary/aromatic N) is 1. The van der Waals surface area contributed by atoms with Crippen LogP contribution in [-0.2, 0) is 0 Å². The summed E-state index contributed by atoms with van der Waals surface area (Å²) >= 11 is 0. The summed E-state index contributed by atoms with van der Waals surface area (Å²) in [6.45, 7) is 6.41. The molecule has 2 rings (SSSR count). The molecule has 0 aromatic heterocycles. The summed E-state index contributed by atoms with van der Waals surface area (Å²) in [6.07, 6.45) is 4.19. The maximum absolute atomic E-state index is 12.7. The maximum atomic E-state index is 12.7. The summed E-state index contributed by atoms with van der Waals surface area (Å²) in [5.41, 5.74) is 1.05. The van der Waals surface area contributed by atoms with E-state index in [0.29, 0.717) is 6.04 Å². The first-order valence-electron chi connectivity index (χ1n) is 6.12. The SMILES string of the molecule is CC1CN(C/C=C/c2ccc(F)cc2)CCN1.Cl. The molecule has 1 saturated heterocycles. The molecule has 1 fully saturated rings. The molecule has 0 saturated carbocycles. The van der Waals surface area contributed by atoms with Crippen molar-refractivity contribution in [1.29, 1.82) is 0 Å². The van der Waals surface area contributed by atoms with Crippen molar-refractivity contribution in [1.82, 2.24) is 10.2 Å². The summed E-state index contributed by atoms with van der Waals surface area (Å²) in [5.74, 6) is -0.182. The van der Waals surface area contributed by atoms with Crippen molar-refractivity contribution in [3.05, 3.63) is 41.7 Å². The number of hydrogen-bond acceptors (Lipinski definition) is 2. The van der Waals surface area contributed by atoms with E-state index in [1.54, 1.807) is 12.1 Å². The van der Waals surface area contributed by atoms with E-state index in [1.165, 1.54) is 12.1 Å². The molecule has 1 aliphatic heterocycles. The number of piperazine rings is 1. The van der Waals surface area contributed by atoms with E-state index >= 15 is 0 Å². The van der Waals surface area contributed by atoms with Gasteiger partial charge in [-0.3, -0.25) is 4.90 Å². The van der Waals surface area contributed by atoms with Gasteiger partial charge in [0, 0.05) is 32.2 Å². The third-order valence-electron chi connectivity index (χ3n) is 3.00. The third-order valence-corrected chi connectivity index (χ3v) is 3.00. The van der Waals surface area contributed by atoms with Gasteiger partial charge in [0.2, 0.25) is 0 Å². The van der Waals surface area contributed by atoms with Crippen molar-refractivity contribution in [2.45, 2.75) is 13.0 Å². The van der Waals surface area contributed by atoms with Gasteiger partial charge in [-0.15, -0.1) is 12.4 Å². The Hall–Kier alpha value is -0.900. The van der Waals surface area contributed by atoms with Gasteiger partial charge in [0.25, 0.3) is 0 Å². The molecule has 0 aliphatic carbocycles. The van der Waals surface area contributed by atoms with Gasteiger partial charge in [-0.25, -0.2) is 4.39 Å². The maximum Gasteiger partial charge on any atom is 0.123 e. The Morgan fingerprint density at radius 2 is 2.11 bits per heavy atom. The van der Waals surface area contributed by atoms with Gasteiger partial charge in [-0.2, -0.15) is 0 Å². The van der Waals surface area contributed by atoms with Crippen LogP contribution in [0, 0.1) is 5.82 Å². The number of halogens is 2. The molecule has 0 spiro atoms. The molecule has 1 heterocycles. The van der Waals surface area contributed by atoms with Crippen LogP contribution >= 0.6 is 12.4 Å². The normalized spacial score (nSPS) is 20.9. The lowest BCUT2D eigenvalue weighted by Gasteiger charge is -2.30. The molecule has 1 unspecified atom stereocenters. The fourth-order valence-corrected chi connectivity index (χ4v) is 2.09. The van der Waals surface area contributed by atoms with Crippen LogP contribution in [0.2, 0.25) is 0 Å². The van der Waals surface area contributed by atoms with Crippen LogP contribution in [0.3, 0.4) is 0 Å². The molecule has 0 bridgehead atoms. The summed E-state index contributed by atoms with van der Waals surface area (Å²) in [4.78, 5) is 2.42. The lowest BCUT2D eigenvalue weighted by atomic mass is 10.2. The second kappa shape index (κ2) is 7.52. The Morgan fingerprint density at radius 3 is 2.78 bits per heavy atom. The molecule has 2 nitrogen and oxygen atoms in total. The van der Waals surface area contributed by atoms with Gasteiger partial charge in [0.1, 0.15) is 5.82 Å². The number of benzene rings is 1. The first kappa shape index (κ1) is 15.2. The summed E-state index contributed by atoms with van der Waals surface area (Å²) in [5, 5.41) is 3.42. The molecule has 1 aromatic carbocycles. The Morgan fingerprint density at radius 1 is 1.39 bits per heavy atom. The number of rotatable bonds is 3. The summed E-state index contributed by atoms with van der Waals surface area (Å²) in [6, 6.07) is 7.15. The minimum atomic E-state index is -0.182. The Labute approximate surface area is 114 Å². The second-order valence-corrected chi connectivity index (χ2v) is 4.57. The van der Waals surface area contributed by atoms with E-state index in [2.05, 4.69) is 23.2 Å². The molecule has 1 N–H and O–H groups in total. The van der Waals surface area contributed by atoms with Crippen LogP contribution in [0.4, 0.5) is 4.39 Å². The van der Waals surface area contributed by atoms with Crippen molar-refractivity contribution in [2.24, 2.45) is 0 Å². The second-order valence-electron chi connectivity index (χ2n) is 4.57. The van der Waals surface area contributed by atoms with Gasteiger partial charge in [-0.05, 0) is 24.6 Å². The van der Waals surface area contributed by atoms with Crippen LogP contribution in [0.15, 0.2) is 30.3 Å². The quantitative estimate of drug-likeness (QED) is 0.908. The monoisotopic (exact) mass is 270 g/mol. The highest BCUT2D eigenvalue weighted by Gasteiger charge is 2.13. The van der Waals surface area contributed by atoms with E-state index < -0.39 is 0 Å². The van der Waals surface area contributed by atoms with Crippen molar-refractivity contribution < 1.29 is 4.39 Å². The first-order valence-corrected chi connectivity index (χ1v) is 6.12. The molecular formula is C14H20ClFN2. The average Bonchev–Trinajstić information content (AvgIpc) is 2.32. The van der Waals surface area contributed by atoms with E-state index in [1.807, 2.05) is 6.08 Å². The van der Waals surface area contributed by atoms with E-state index in [0.717, 1.165) is 31.7 Å². The predicted molar refractivity (Wildman–Crippen MR) is 76.6 cm³/mol. The van der Waals surface area contributed by atoms with Gasteiger partial charge in [-0.1, -0.05) is 24.3 Å². The average molecular weight is 271 g/mol. The summed E-state index contributed by atoms with van der Waals surface area (Å²) in [7, 11) is 0. The van der Waals surface area contributed by atoms with E-state index in [9.17, 15) is 4.39 Å². The standard InChI is InChI=1S/C14H19FN2.ClH/c1-12-11-17(10-8-16-12)9-2-3-13-4-6-14(15)7-5-13;/h2-7,12,16H,8-11H2,1H3;1H/b3-2+;. The highest BCUT2D eigenvalue weighted by molar-refractivity contribution is 5.85. The van der Waals surface area contributed by atoms with Crippen molar-refractivity contribution in [3.63, 3.8) is 0 Å². The Balaban J connectivity index is 0.00000162. The lowest BCUT2D eigenvalue weighted by Crippen LogP contribution is -2.49. The molecule has 1 aliphatic rings. The third kappa shape index (κ3) is 4.77. The molecule has 18 heavy (non-hydrogen) atoms. The summed E-state index contributed by atoms with van der Waals surface area (Å²) < 4.78 is 12.7. The zero-order chi connectivity index (χ0) is 12.1. The molecular weight excluding hydrogens is 251 g/mol. The smallest absolute Gasteiger partial charge is 0.123 e. The largest absolute Gasteiger partial charge is 0.312 e. The topological polar surface area (TPSA) is 15.3 Å². The highest BCUT2D eigenvalue weighted by atomic mass is 35.5. The molecule has 1 atom stereocenters. The molecule has 0 radical (unpaired) electrons. The van der Waals surface area contributed by atoms with Gasteiger partial charge >= 0.3 is 0 Å². The Kier molecular flexibility index (Phi) is 6.33. The first-order chi connectivity index (χ1) is 8.24. The Bertz CT molecular complexity index is 378. The minimum absolute atomic E-state index is 0. The predicted octanol–water partition coefficient (Wildman–Crippen LogP) is 2.55. The highest BCUT2D eigenvalue weighted by Crippen LogP contribution is 2.05. The minimum Gasteiger partial charge on any atom is -0.312 e. The lowest BCUT2D eigenvalue weighted by molar-refractivity contribution is 0.227.